The van der Waals surface area contributed by atoms with Gasteiger partial charge in [-0.25, -0.2) is 0 Å². The van der Waals surface area contributed by atoms with Gasteiger partial charge in [-0.3, -0.25) is 4.79 Å². The highest BCUT2D eigenvalue weighted by molar-refractivity contribution is 5.78. The number of carbonyl (C=O) groups excluding carboxylic acids is 1. The number of nitrogens with one attached hydrogen (secondary N) is 1. The first kappa shape index (κ1) is 14.7. The smallest absolute Gasteiger partial charge is 0.223 e. The predicted octanol–water partition coefficient (Wildman–Crippen LogP) is 1.75. The molecular formula is C13H23N3O2. The van der Waals surface area contributed by atoms with Crippen molar-refractivity contribution < 1.29 is 9.32 Å². The number of aromatic nitrogens is 1. The molecule has 0 saturated carbocycles. The van der Waals surface area contributed by atoms with Crippen molar-refractivity contribution in [3.63, 3.8) is 0 Å². The molecule has 0 spiro atoms. The van der Waals surface area contributed by atoms with E-state index >= 15 is 0 Å². The molecule has 5 nitrogen and oxygen atoms in total. The van der Waals surface area contributed by atoms with E-state index in [1.807, 2.05) is 26.8 Å². The van der Waals surface area contributed by atoms with Crippen molar-refractivity contribution in [2.45, 2.75) is 52.6 Å². The Bertz CT molecular complexity index is 374. The number of nitrogens with two attached hydrogens (primary N) is 1. The van der Waals surface area contributed by atoms with Gasteiger partial charge in [0.25, 0.3) is 0 Å². The summed E-state index contributed by atoms with van der Waals surface area (Å²) in [5.41, 5.74) is 6.50. The summed E-state index contributed by atoms with van der Waals surface area (Å²) in [5.74, 6) is 0.741. The molecule has 2 unspecified atom stereocenters. The van der Waals surface area contributed by atoms with E-state index in [2.05, 4.69) is 10.5 Å². The minimum atomic E-state index is 0.00719. The molecule has 1 aromatic rings. The van der Waals surface area contributed by atoms with Crippen molar-refractivity contribution in [3.8, 4) is 0 Å². The fourth-order valence-electron chi connectivity index (χ4n) is 1.73. The minimum absolute atomic E-state index is 0.00719. The largest absolute Gasteiger partial charge is 0.359 e. The summed E-state index contributed by atoms with van der Waals surface area (Å²) in [7, 11) is 0. The molecule has 102 valence electrons. The maximum Gasteiger partial charge on any atom is 0.223 e. The first-order valence-corrected chi connectivity index (χ1v) is 6.44. The molecular weight excluding hydrogens is 230 g/mol. The summed E-state index contributed by atoms with van der Waals surface area (Å²) in [6.07, 6.45) is 2.80. The average Bonchev–Trinajstić information content (AvgIpc) is 2.71. The Hall–Kier alpha value is -1.36. The normalized spacial score (nSPS) is 14.2. The van der Waals surface area contributed by atoms with E-state index in [0.29, 0.717) is 12.3 Å². The molecule has 0 bridgehead atoms. The lowest BCUT2D eigenvalue weighted by molar-refractivity contribution is -0.125. The molecule has 1 aromatic heterocycles. The van der Waals surface area contributed by atoms with Crippen molar-refractivity contribution >= 4 is 5.91 Å². The van der Waals surface area contributed by atoms with Crippen LogP contribution in [0.15, 0.2) is 10.6 Å². The van der Waals surface area contributed by atoms with Crippen LogP contribution in [0.2, 0.25) is 0 Å². The lowest BCUT2D eigenvalue weighted by Crippen LogP contribution is -2.28. The Kier molecular flexibility index (Phi) is 5.85. The van der Waals surface area contributed by atoms with E-state index in [-0.39, 0.29) is 17.9 Å². The zero-order valence-corrected chi connectivity index (χ0v) is 11.4. The van der Waals surface area contributed by atoms with Crippen molar-refractivity contribution in [1.29, 1.82) is 0 Å². The Balaban J connectivity index is 2.23. The molecule has 0 saturated heterocycles. The minimum Gasteiger partial charge on any atom is -0.359 e. The first-order chi connectivity index (χ1) is 8.49. The summed E-state index contributed by atoms with van der Waals surface area (Å²) < 4.78 is 5.03. The number of amides is 1. The number of carbonyl (C=O) groups is 1. The SMILES string of the molecule is Cc1cc(CNC(=O)C(C)CCCC(C)N)on1. The molecule has 1 rings (SSSR count). The zero-order valence-electron chi connectivity index (χ0n) is 11.4. The molecule has 0 fully saturated rings. The van der Waals surface area contributed by atoms with Gasteiger partial charge in [0.15, 0.2) is 5.76 Å². The molecule has 1 amide bonds. The van der Waals surface area contributed by atoms with Crippen LogP contribution >= 0.6 is 0 Å². The summed E-state index contributed by atoms with van der Waals surface area (Å²) in [4.78, 5) is 11.8. The van der Waals surface area contributed by atoms with E-state index in [1.54, 1.807) is 0 Å². The lowest BCUT2D eigenvalue weighted by Gasteiger charge is -2.12. The third kappa shape index (κ3) is 5.31. The van der Waals surface area contributed by atoms with Crippen LogP contribution in [0.5, 0.6) is 0 Å². The van der Waals surface area contributed by atoms with E-state index in [9.17, 15) is 4.79 Å². The number of nitrogens with zero attached hydrogens (tertiary/aromatic N) is 1. The second-order valence-corrected chi connectivity index (χ2v) is 4.96. The molecule has 3 N–H and O–H groups in total. The van der Waals surface area contributed by atoms with Gasteiger partial charge in [0.1, 0.15) is 0 Å². The van der Waals surface area contributed by atoms with Gasteiger partial charge in [-0.1, -0.05) is 18.5 Å². The molecule has 0 aliphatic carbocycles. The Morgan fingerprint density at radius 1 is 1.50 bits per heavy atom. The second-order valence-electron chi connectivity index (χ2n) is 4.96. The monoisotopic (exact) mass is 253 g/mol. The maximum absolute atomic E-state index is 11.8. The van der Waals surface area contributed by atoms with Crippen LogP contribution in [0.4, 0.5) is 0 Å². The standard InChI is InChI=1S/C13H23N3O2/c1-9(5-4-6-10(2)14)13(17)15-8-12-7-11(3)16-18-12/h7,9-10H,4-6,8,14H2,1-3H3,(H,15,17). The highest BCUT2D eigenvalue weighted by atomic mass is 16.5. The summed E-state index contributed by atoms with van der Waals surface area (Å²) >= 11 is 0. The van der Waals surface area contributed by atoms with Gasteiger partial charge in [-0.2, -0.15) is 0 Å². The zero-order chi connectivity index (χ0) is 13.5. The molecule has 18 heavy (non-hydrogen) atoms. The number of hydrogen-bond donors (Lipinski definition) is 2. The Morgan fingerprint density at radius 2 is 2.22 bits per heavy atom. The number of rotatable bonds is 7. The lowest BCUT2D eigenvalue weighted by atomic mass is 10.0. The number of hydrogen-bond acceptors (Lipinski definition) is 4. The summed E-state index contributed by atoms with van der Waals surface area (Å²) in [6.45, 7) is 6.17. The Morgan fingerprint density at radius 3 is 2.78 bits per heavy atom. The molecule has 2 atom stereocenters. The number of aryl methyl sites for hydroxylation is 1. The van der Waals surface area contributed by atoms with Gasteiger partial charge in [0, 0.05) is 18.0 Å². The predicted molar refractivity (Wildman–Crippen MR) is 69.8 cm³/mol. The van der Waals surface area contributed by atoms with Crippen molar-refractivity contribution in [1.82, 2.24) is 10.5 Å². The van der Waals surface area contributed by atoms with Crippen LogP contribution in [-0.4, -0.2) is 17.1 Å². The fourth-order valence-corrected chi connectivity index (χ4v) is 1.73. The third-order valence-corrected chi connectivity index (χ3v) is 2.86. The summed E-state index contributed by atoms with van der Waals surface area (Å²) in [5, 5.41) is 6.61. The van der Waals surface area contributed by atoms with Crippen LogP contribution in [0.3, 0.4) is 0 Å². The van der Waals surface area contributed by atoms with Crippen molar-refractivity contribution in [2.24, 2.45) is 11.7 Å². The van der Waals surface area contributed by atoms with E-state index < -0.39 is 0 Å². The molecule has 0 aliphatic rings. The first-order valence-electron chi connectivity index (χ1n) is 6.44. The molecule has 0 aromatic carbocycles. The fraction of sp³-hybridized carbons (Fsp3) is 0.692. The van der Waals surface area contributed by atoms with Gasteiger partial charge < -0.3 is 15.6 Å². The van der Waals surface area contributed by atoms with Crippen LogP contribution < -0.4 is 11.1 Å². The third-order valence-electron chi connectivity index (χ3n) is 2.86. The van der Waals surface area contributed by atoms with Crippen molar-refractivity contribution in [2.75, 3.05) is 0 Å². The quantitative estimate of drug-likeness (QED) is 0.775. The van der Waals surface area contributed by atoms with Crippen LogP contribution in [-0.2, 0) is 11.3 Å². The van der Waals surface area contributed by atoms with Gasteiger partial charge in [-0.05, 0) is 26.7 Å². The summed E-state index contributed by atoms with van der Waals surface area (Å²) in [6, 6.07) is 2.03. The van der Waals surface area contributed by atoms with Gasteiger partial charge >= 0.3 is 0 Å². The van der Waals surface area contributed by atoms with Crippen LogP contribution in [0.1, 0.15) is 44.6 Å². The van der Waals surface area contributed by atoms with E-state index in [4.69, 9.17) is 10.3 Å². The van der Waals surface area contributed by atoms with Gasteiger partial charge in [0.05, 0.1) is 12.2 Å². The maximum atomic E-state index is 11.8. The average molecular weight is 253 g/mol. The molecule has 5 heteroatoms. The molecule has 1 heterocycles. The van der Waals surface area contributed by atoms with E-state index in [0.717, 1.165) is 25.0 Å². The molecule has 0 aliphatic heterocycles. The topological polar surface area (TPSA) is 81.2 Å². The van der Waals surface area contributed by atoms with Gasteiger partial charge in [-0.15, -0.1) is 0 Å². The second kappa shape index (κ2) is 7.16. The highest BCUT2D eigenvalue weighted by Gasteiger charge is 2.13. The van der Waals surface area contributed by atoms with Crippen molar-refractivity contribution in [3.05, 3.63) is 17.5 Å². The van der Waals surface area contributed by atoms with Gasteiger partial charge in [0.2, 0.25) is 5.91 Å². The Labute approximate surface area is 108 Å². The van der Waals surface area contributed by atoms with Crippen LogP contribution in [0, 0.1) is 12.8 Å². The van der Waals surface area contributed by atoms with E-state index in [1.165, 1.54) is 0 Å². The molecule has 0 radical (unpaired) electrons. The highest BCUT2D eigenvalue weighted by Crippen LogP contribution is 2.09. The van der Waals surface area contributed by atoms with Crippen LogP contribution in [0.25, 0.3) is 0 Å².